The standard InChI is InChI=1S/C18H18BrFN2OS2.C2H6/c1-3-4-16(12(2)19)22-17(23)11-24-9-15-10-25-18(21-15)13-5-7-14(20)8-6-13;1-2/h3-8,10H,9,11H2,1-2H3,(H,22,23);1-2H3/b4-3-,16-12-;. The highest BCUT2D eigenvalue weighted by atomic mass is 79.9. The van der Waals surface area contributed by atoms with Gasteiger partial charge in [-0.25, -0.2) is 9.37 Å². The van der Waals surface area contributed by atoms with Crippen LogP contribution in [0, 0.1) is 5.82 Å². The fourth-order valence-corrected chi connectivity index (χ4v) is 3.82. The molecule has 0 unspecified atom stereocenters. The lowest BCUT2D eigenvalue weighted by Gasteiger charge is -2.06. The number of aromatic nitrogens is 1. The van der Waals surface area contributed by atoms with Crippen molar-refractivity contribution in [2.75, 3.05) is 5.75 Å². The molecule has 0 saturated carbocycles. The first kappa shape index (κ1) is 23.6. The highest BCUT2D eigenvalue weighted by Gasteiger charge is 2.08. The average Bonchev–Trinajstić information content (AvgIpc) is 3.12. The zero-order valence-electron chi connectivity index (χ0n) is 15.9. The van der Waals surface area contributed by atoms with Crippen LogP contribution in [0.1, 0.15) is 33.4 Å². The Morgan fingerprint density at radius 3 is 2.59 bits per heavy atom. The Morgan fingerprint density at radius 2 is 2.00 bits per heavy atom. The van der Waals surface area contributed by atoms with E-state index in [2.05, 4.69) is 26.2 Å². The number of hydrogen-bond donors (Lipinski definition) is 1. The normalized spacial score (nSPS) is 11.6. The van der Waals surface area contributed by atoms with Crippen molar-refractivity contribution in [3.05, 3.63) is 63.5 Å². The van der Waals surface area contributed by atoms with E-state index in [0.717, 1.165) is 26.4 Å². The number of thioether (sulfide) groups is 1. The molecule has 1 N–H and O–H groups in total. The highest BCUT2D eigenvalue weighted by molar-refractivity contribution is 9.11. The molecule has 0 bridgehead atoms. The van der Waals surface area contributed by atoms with Crippen molar-refractivity contribution in [2.24, 2.45) is 0 Å². The Labute approximate surface area is 177 Å². The number of rotatable bonds is 7. The van der Waals surface area contributed by atoms with Gasteiger partial charge in [-0.15, -0.1) is 23.1 Å². The van der Waals surface area contributed by atoms with Gasteiger partial charge in [-0.05, 0) is 44.2 Å². The van der Waals surface area contributed by atoms with Gasteiger partial charge in [-0.2, -0.15) is 0 Å². The summed E-state index contributed by atoms with van der Waals surface area (Å²) in [5.41, 5.74) is 2.58. The van der Waals surface area contributed by atoms with Gasteiger partial charge in [0, 0.05) is 21.2 Å². The molecule has 2 aromatic rings. The van der Waals surface area contributed by atoms with Crippen molar-refractivity contribution in [3.63, 3.8) is 0 Å². The zero-order valence-corrected chi connectivity index (χ0v) is 19.1. The van der Waals surface area contributed by atoms with Gasteiger partial charge in [0.15, 0.2) is 0 Å². The van der Waals surface area contributed by atoms with Gasteiger partial charge in [0.2, 0.25) is 5.91 Å². The summed E-state index contributed by atoms with van der Waals surface area (Å²) in [5, 5.41) is 5.70. The first-order chi connectivity index (χ1) is 13.0. The van der Waals surface area contributed by atoms with Crippen LogP contribution in [0.15, 0.2) is 52.0 Å². The molecular weight excluding hydrogens is 447 g/mol. The second-order valence-corrected chi connectivity index (χ2v) is 8.17. The first-order valence-electron chi connectivity index (χ1n) is 8.56. The predicted molar refractivity (Wildman–Crippen MR) is 120 cm³/mol. The summed E-state index contributed by atoms with van der Waals surface area (Å²) < 4.78 is 13.9. The van der Waals surface area contributed by atoms with Crippen LogP contribution in [0.25, 0.3) is 10.6 Å². The Hall–Kier alpha value is -1.44. The van der Waals surface area contributed by atoms with Crippen LogP contribution < -0.4 is 5.32 Å². The molecule has 0 aliphatic rings. The van der Waals surface area contributed by atoms with Crippen molar-refractivity contribution in [2.45, 2.75) is 33.4 Å². The van der Waals surface area contributed by atoms with Gasteiger partial charge in [-0.1, -0.05) is 35.9 Å². The second kappa shape index (κ2) is 12.9. The van der Waals surface area contributed by atoms with E-state index in [4.69, 9.17) is 0 Å². The third-order valence-corrected chi connectivity index (χ3v) is 5.44. The molecule has 3 nitrogen and oxygen atoms in total. The third-order valence-electron chi connectivity index (χ3n) is 3.10. The summed E-state index contributed by atoms with van der Waals surface area (Å²) in [6, 6.07) is 6.29. The number of amides is 1. The Bertz CT molecular complexity index is 782. The number of benzene rings is 1. The van der Waals surface area contributed by atoms with Crippen LogP contribution in [0.3, 0.4) is 0 Å². The van der Waals surface area contributed by atoms with Gasteiger partial charge >= 0.3 is 0 Å². The number of allylic oxidation sites excluding steroid dienone is 3. The van der Waals surface area contributed by atoms with Gasteiger partial charge in [-0.3, -0.25) is 4.79 Å². The number of hydrogen-bond acceptors (Lipinski definition) is 4. The van der Waals surface area contributed by atoms with E-state index < -0.39 is 0 Å². The lowest BCUT2D eigenvalue weighted by molar-refractivity contribution is -0.117. The predicted octanol–water partition coefficient (Wildman–Crippen LogP) is 6.53. The van der Waals surface area contributed by atoms with Crippen LogP contribution in [-0.4, -0.2) is 16.6 Å². The van der Waals surface area contributed by atoms with E-state index >= 15 is 0 Å². The number of carbonyl (C=O) groups is 1. The zero-order chi connectivity index (χ0) is 20.2. The van der Waals surface area contributed by atoms with Crippen LogP contribution in [0.2, 0.25) is 0 Å². The second-order valence-electron chi connectivity index (χ2n) is 5.14. The van der Waals surface area contributed by atoms with Crippen LogP contribution >= 0.6 is 39.0 Å². The van der Waals surface area contributed by atoms with Gasteiger partial charge in [0.25, 0.3) is 0 Å². The minimum Gasteiger partial charge on any atom is -0.325 e. The minimum absolute atomic E-state index is 0.0501. The molecule has 2 rings (SSSR count). The molecule has 1 heterocycles. The van der Waals surface area contributed by atoms with E-state index in [-0.39, 0.29) is 11.7 Å². The Kier molecular flexibility index (Phi) is 11.2. The molecule has 1 aromatic heterocycles. The van der Waals surface area contributed by atoms with Crippen molar-refractivity contribution >= 4 is 44.9 Å². The number of nitrogens with one attached hydrogen (secondary N) is 1. The molecule has 0 fully saturated rings. The van der Waals surface area contributed by atoms with E-state index in [1.165, 1.54) is 35.2 Å². The third kappa shape index (κ3) is 8.41. The number of halogens is 2. The summed E-state index contributed by atoms with van der Waals surface area (Å²) in [4.78, 5) is 16.5. The lowest BCUT2D eigenvalue weighted by atomic mass is 10.2. The van der Waals surface area contributed by atoms with E-state index in [1.807, 2.05) is 45.2 Å². The molecule has 0 aliphatic heterocycles. The molecule has 0 spiro atoms. The summed E-state index contributed by atoms with van der Waals surface area (Å²) >= 11 is 6.40. The van der Waals surface area contributed by atoms with Crippen LogP contribution in [0.5, 0.6) is 0 Å². The number of carbonyl (C=O) groups excluding carboxylic acids is 1. The SMILES string of the molecule is C/C=C\C(NC(=O)CSCc1csc(-c2ccc(F)cc2)n1)=C(/C)Br.CC. The molecule has 0 radical (unpaired) electrons. The van der Waals surface area contributed by atoms with Gasteiger partial charge in [0.05, 0.1) is 17.1 Å². The topological polar surface area (TPSA) is 42.0 Å². The Balaban J connectivity index is 0.00000176. The first-order valence-corrected chi connectivity index (χ1v) is 11.4. The molecule has 7 heteroatoms. The number of thiazole rings is 1. The van der Waals surface area contributed by atoms with Crippen molar-refractivity contribution < 1.29 is 9.18 Å². The molecule has 0 saturated heterocycles. The molecule has 0 aliphatic carbocycles. The molecule has 27 heavy (non-hydrogen) atoms. The van der Waals surface area contributed by atoms with E-state index in [9.17, 15) is 9.18 Å². The molecule has 1 amide bonds. The van der Waals surface area contributed by atoms with Crippen molar-refractivity contribution in [3.8, 4) is 10.6 Å². The van der Waals surface area contributed by atoms with Gasteiger partial charge in [0.1, 0.15) is 10.8 Å². The van der Waals surface area contributed by atoms with Crippen molar-refractivity contribution in [1.29, 1.82) is 0 Å². The number of nitrogens with zero attached hydrogens (tertiary/aromatic N) is 1. The lowest BCUT2D eigenvalue weighted by Crippen LogP contribution is -2.24. The molecule has 1 aromatic carbocycles. The van der Waals surface area contributed by atoms with Crippen LogP contribution in [0.4, 0.5) is 4.39 Å². The monoisotopic (exact) mass is 470 g/mol. The van der Waals surface area contributed by atoms with Gasteiger partial charge < -0.3 is 5.32 Å². The largest absolute Gasteiger partial charge is 0.325 e. The summed E-state index contributed by atoms with van der Waals surface area (Å²) in [6.07, 6.45) is 3.72. The summed E-state index contributed by atoms with van der Waals surface area (Å²) in [5.74, 6) is 0.698. The quantitative estimate of drug-likeness (QED) is 0.467. The molecule has 0 atom stereocenters. The smallest absolute Gasteiger partial charge is 0.234 e. The maximum Gasteiger partial charge on any atom is 0.234 e. The van der Waals surface area contributed by atoms with E-state index in [1.54, 1.807) is 12.1 Å². The molecular formula is C20H24BrFN2OS2. The maximum absolute atomic E-state index is 13.0. The van der Waals surface area contributed by atoms with Crippen molar-refractivity contribution in [1.82, 2.24) is 10.3 Å². The fourth-order valence-electron chi connectivity index (χ4n) is 1.94. The molecule has 146 valence electrons. The maximum atomic E-state index is 13.0. The fraction of sp³-hybridized carbons (Fsp3) is 0.300. The van der Waals surface area contributed by atoms with Crippen LogP contribution in [-0.2, 0) is 10.5 Å². The average molecular weight is 471 g/mol. The van der Waals surface area contributed by atoms with E-state index in [0.29, 0.717) is 11.5 Å². The highest BCUT2D eigenvalue weighted by Crippen LogP contribution is 2.25. The summed E-state index contributed by atoms with van der Waals surface area (Å²) in [6.45, 7) is 7.78. The summed E-state index contributed by atoms with van der Waals surface area (Å²) in [7, 11) is 0. The minimum atomic E-state index is -0.257. The Morgan fingerprint density at radius 1 is 1.33 bits per heavy atom.